The van der Waals surface area contributed by atoms with Crippen molar-refractivity contribution >= 4 is 34.2 Å². The SMILES string of the molecule is CCCCN1C(=O)[C@H](CC(C)C)NC(=O)C12CCN(Cc1c(C)nn(C3CCN(S(C)(=O)=O)CC3)c1C)CC2.Cl. The largest absolute Gasteiger partial charge is 0.342 e. The van der Waals surface area contributed by atoms with Crippen molar-refractivity contribution < 1.29 is 18.0 Å². The Kier molecular flexibility index (Phi) is 10.7. The first kappa shape index (κ1) is 32.8. The predicted molar refractivity (Wildman–Crippen MR) is 159 cm³/mol. The van der Waals surface area contributed by atoms with Crippen LogP contribution < -0.4 is 5.32 Å². The average Bonchev–Trinajstić information content (AvgIpc) is 3.16. The van der Waals surface area contributed by atoms with Crippen LogP contribution in [0.2, 0.25) is 0 Å². The molecule has 228 valence electrons. The van der Waals surface area contributed by atoms with Gasteiger partial charge in [0.2, 0.25) is 21.8 Å². The molecule has 1 atom stereocenters. The number of carbonyl (C=O) groups is 2. The summed E-state index contributed by atoms with van der Waals surface area (Å²) in [4.78, 5) is 31.4. The molecule has 1 spiro atoms. The first-order valence-corrected chi connectivity index (χ1v) is 16.6. The summed E-state index contributed by atoms with van der Waals surface area (Å²) < 4.78 is 27.5. The van der Waals surface area contributed by atoms with Crippen LogP contribution in [0.3, 0.4) is 0 Å². The maximum Gasteiger partial charge on any atom is 0.246 e. The zero-order chi connectivity index (χ0) is 28.5. The van der Waals surface area contributed by atoms with Crippen molar-refractivity contribution in [1.29, 1.82) is 0 Å². The van der Waals surface area contributed by atoms with Crippen LogP contribution in [0, 0.1) is 19.8 Å². The van der Waals surface area contributed by atoms with Crippen LogP contribution >= 0.6 is 12.4 Å². The number of hydrogen-bond acceptors (Lipinski definition) is 6. The van der Waals surface area contributed by atoms with Crippen molar-refractivity contribution in [3.63, 3.8) is 0 Å². The molecule has 3 saturated heterocycles. The van der Waals surface area contributed by atoms with Gasteiger partial charge in [-0.05, 0) is 58.3 Å². The van der Waals surface area contributed by atoms with Crippen LogP contribution in [-0.4, -0.2) is 94.7 Å². The van der Waals surface area contributed by atoms with Crippen LogP contribution in [0.1, 0.15) is 88.7 Å². The maximum atomic E-state index is 13.5. The zero-order valence-corrected chi connectivity index (χ0v) is 26.7. The number of halogens is 1. The van der Waals surface area contributed by atoms with Crippen molar-refractivity contribution in [2.75, 3.05) is 39.0 Å². The van der Waals surface area contributed by atoms with E-state index in [9.17, 15) is 18.0 Å². The molecule has 0 unspecified atom stereocenters. The van der Waals surface area contributed by atoms with Crippen LogP contribution in [0.4, 0.5) is 0 Å². The van der Waals surface area contributed by atoms with Crippen LogP contribution in [0.15, 0.2) is 0 Å². The summed E-state index contributed by atoms with van der Waals surface area (Å²) in [6.45, 7) is 14.4. The first-order chi connectivity index (χ1) is 18.4. The van der Waals surface area contributed by atoms with Crippen LogP contribution in [-0.2, 0) is 26.2 Å². The molecule has 4 heterocycles. The van der Waals surface area contributed by atoms with Gasteiger partial charge in [0.15, 0.2) is 0 Å². The Morgan fingerprint density at radius 1 is 1.07 bits per heavy atom. The number of hydrogen-bond donors (Lipinski definition) is 1. The lowest BCUT2D eigenvalue weighted by molar-refractivity contribution is -0.161. The molecule has 12 heteroatoms. The Labute approximate surface area is 246 Å². The van der Waals surface area contributed by atoms with Gasteiger partial charge < -0.3 is 10.2 Å². The molecular formula is C28H49ClN6O4S. The Morgan fingerprint density at radius 3 is 2.25 bits per heavy atom. The van der Waals surface area contributed by atoms with Crippen LogP contribution in [0.25, 0.3) is 0 Å². The number of sulfonamides is 1. The third-order valence-corrected chi connectivity index (χ3v) is 10.3. The van der Waals surface area contributed by atoms with Gasteiger partial charge in [-0.25, -0.2) is 12.7 Å². The van der Waals surface area contributed by atoms with Gasteiger partial charge in [0.05, 0.1) is 18.0 Å². The summed E-state index contributed by atoms with van der Waals surface area (Å²) in [5.41, 5.74) is 2.60. The molecule has 0 bridgehead atoms. The highest BCUT2D eigenvalue weighted by atomic mass is 35.5. The summed E-state index contributed by atoms with van der Waals surface area (Å²) in [5.74, 6) is 0.437. The Morgan fingerprint density at radius 2 is 1.70 bits per heavy atom. The number of nitrogens with one attached hydrogen (secondary N) is 1. The van der Waals surface area contributed by atoms with Gasteiger partial charge in [0, 0.05) is 50.5 Å². The number of piperidine rings is 2. The summed E-state index contributed by atoms with van der Waals surface area (Å²) in [5, 5.41) is 7.97. The lowest BCUT2D eigenvalue weighted by Gasteiger charge is -2.52. The molecule has 3 fully saturated rings. The second-order valence-electron chi connectivity index (χ2n) is 12.3. The van der Waals surface area contributed by atoms with E-state index >= 15 is 0 Å². The number of rotatable bonds is 9. The normalized spacial score (nSPS) is 23.1. The molecule has 0 aromatic carbocycles. The standard InChI is InChI=1S/C28H48N6O4S.ClH/c1-7-8-13-33-26(35)25(18-20(2)3)29-27(36)28(33)11-16-31(17-12-28)19-24-21(4)30-34(22(24)5)23-9-14-32(15-10-23)39(6,37)38;/h20,23,25H,7-19H2,1-6H3,(H,29,36);1H/t25-;/m0./s1. The highest BCUT2D eigenvalue weighted by Gasteiger charge is 2.53. The van der Waals surface area contributed by atoms with Crippen molar-refractivity contribution in [1.82, 2.24) is 29.2 Å². The van der Waals surface area contributed by atoms with E-state index < -0.39 is 21.6 Å². The molecule has 0 aliphatic carbocycles. The molecule has 0 radical (unpaired) electrons. The molecule has 40 heavy (non-hydrogen) atoms. The summed E-state index contributed by atoms with van der Waals surface area (Å²) in [7, 11) is -3.16. The molecule has 10 nitrogen and oxygen atoms in total. The Hall–Kier alpha value is -1.69. The summed E-state index contributed by atoms with van der Waals surface area (Å²) in [6, 6.07) is -0.221. The molecule has 3 aliphatic heterocycles. The smallest absolute Gasteiger partial charge is 0.246 e. The third kappa shape index (κ3) is 6.68. The fourth-order valence-electron chi connectivity index (χ4n) is 6.65. The summed E-state index contributed by atoms with van der Waals surface area (Å²) in [6.07, 6.45) is 6.63. The highest BCUT2D eigenvalue weighted by molar-refractivity contribution is 7.88. The molecule has 1 aromatic rings. The lowest BCUT2D eigenvalue weighted by Crippen LogP contribution is -2.73. The summed E-state index contributed by atoms with van der Waals surface area (Å²) >= 11 is 0. The number of aromatic nitrogens is 2. The maximum absolute atomic E-state index is 13.5. The van der Waals surface area contributed by atoms with Gasteiger partial charge in [0.1, 0.15) is 11.6 Å². The molecule has 3 aliphatic rings. The number of likely N-dealkylation sites (tertiary alicyclic amines) is 1. The van der Waals surface area contributed by atoms with Gasteiger partial charge in [-0.1, -0.05) is 27.2 Å². The van der Waals surface area contributed by atoms with E-state index in [2.05, 4.69) is 42.6 Å². The number of carbonyl (C=O) groups excluding carboxylic acids is 2. The van der Waals surface area contributed by atoms with Crippen molar-refractivity contribution in [3.8, 4) is 0 Å². The Bertz CT molecular complexity index is 1150. The van der Waals surface area contributed by atoms with Gasteiger partial charge in [0.25, 0.3) is 0 Å². The highest BCUT2D eigenvalue weighted by Crippen LogP contribution is 2.35. The van der Waals surface area contributed by atoms with Gasteiger partial charge in [-0.2, -0.15) is 5.10 Å². The molecular weight excluding hydrogens is 552 g/mol. The molecule has 4 rings (SSSR count). The number of nitrogens with zero attached hydrogens (tertiary/aromatic N) is 5. The molecule has 2 amide bonds. The van der Waals surface area contributed by atoms with Gasteiger partial charge in [-0.15, -0.1) is 12.4 Å². The van der Waals surface area contributed by atoms with E-state index in [0.717, 1.165) is 56.7 Å². The monoisotopic (exact) mass is 600 g/mol. The average molecular weight is 601 g/mol. The van der Waals surface area contributed by atoms with E-state index in [-0.39, 0.29) is 30.3 Å². The first-order valence-electron chi connectivity index (χ1n) is 14.7. The number of aryl methyl sites for hydroxylation is 1. The van der Waals surface area contributed by atoms with Crippen molar-refractivity contribution in [2.24, 2.45) is 5.92 Å². The number of unbranched alkanes of at least 4 members (excludes halogenated alkanes) is 1. The van der Waals surface area contributed by atoms with Crippen molar-refractivity contribution in [3.05, 3.63) is 17.0 Å². The number of amides is 2. The van der Waals surface area contributed by atoms with Gasteiger partial charge >= 0.3 is 0 Å². The second kappa shape index (κ2) is 13.1. The van der Waals surface area contributed by atoms with E-state index in [1.807, 2.05) is 11.8 Å². The second-order valence-corrected chi connectivity index (χ2v) is 14.3. The molecule has 0 saturated carbocycles. The van der Waals surface area contributed by atoms with E-state index in [1.165, 1.54) is 11.8 Å². The minimum absolute atomic E-state index is 0. The van der Waals surface area contributed by atoms with E-state index in [4.69, 9.17) is 5.10 Å². The van der Waals surface area contributed by atoms with Crippen molar-refractivity contribution in [2.45, 2.75) is 104 Å². The quantitative estimate of drug-likeness (QED) is 0.467. The third-order valence-electron chi connectivity index (χ3n) is 9.03. The van der Waals surface area contributed by atoms with E-state index in [0.29, 0.717) is 44.8 Å². The zero-order valence-electron chi connectivity index (χ0n) is 25.1. The van der Waals surface area contributed by atoms with Crippen LogP contribution in [0.5, 0.6) is 0 Å². The predicted octanol–water partition coefficient (Wildman–Crippen LogP) is 3.03. The number of piperazine rings is 1. The molecule has 1 N–H and O–H groups in total. The minimum Gasteiger partial charge on any atom is -0.342 e. The van der Waals surface area contributed by atoms with E-state index in [1.54, 1.807) is 4.31 Å². The topological polar surface area (TPSA) is 108 Å². The molecule has 1 aromatic heterocycles. The fraction of sp³-hybridized carbons (Fsp3) is 0.821. The fourth-order valence-corrected chi connectivity index (χ4v) is 7.52. The lowest BCUT2D eigenvalue weighted by atomic mass is 9.80. The van der Waals surface area contributed by atoms with Gasteiger partial charge in [-0.3, -0.25) is 19.2 Å². The minimum atomic E-state index is -3.16. The Balaban J connectivity index is 0.00000441.